The molecule has 2 atom stereocenters. The van der Waals surface area contributed by atoms with Crippen molar-refractivity contribution in [2.45, 2.75) is 45.7 Å². The van der Waals surface area contributed by atoms with Crippen LogP contribution >= 0.6 is 0 Å². The van der Waals surface area contributed by atoms with Crippen molar-refractivity contribution in [2.24, 2.45) is 5.92 Å². The number of aromatic nitrogens is 2. The number of nitrogens with one attached hydrogen (secondary N) is 1. The van der Waals surface area contributed by atoms with Gasteiger partial charge in [-0.2, -0.15) is 5.10 Å². The summed E-state index contributed by atoms with van der Waals surface area (Å²) in [5.74, 6) is 0.321. The maximum Gasteiger partial charge on any atom is 0.322 e. The van der Waals surface area contributed by atoms with Gasteiger partial charge in [-0.3, -0.25) is 4.68 Å². The molecule has 0 radical (unpaired) electrons. The van der Waals surface area contributed by atoms with Gasteiger partial charge in [-0.05, 0) is 50.8 Å². The Hall–Kier alpha value is -2.08. The van der Waals surface area contributed by atoms with Crippen molar-refractivity contribution in [3.8, 4) is 0 Å². The van der Waals surface area contributed by atoms with Crippen LogP contribution in [0.25, 0.3) is 10.9 Å². The van der Waals surface area contributed by atoms with Gasteiger partial charge >= 0.3 is 6.03 Å². The predicted octanol–water partition coefficient (Wildman–Crippen LogP) is 3.24. The van der Waals surface area contributed by atoms with Gasteiger partial charge in [0.2, 0.25) is 0 Å². The van der Waals surface area contributed by atoms with Crippen LogP contribution in [0.15, 0.2) is 24.4 Å². The number of aliphatic hydroxyl groups excluding tert-OH is 1. The summed E-state index contributed by atoms with van der Waals surface area (Å²) in [6.45, 7) is 6.96. The van der Waals surface area contributed by atoms with Crippen LogP contribution in [0, 0.1) is 5.92 Å². The number of aliphatic hydroxyl groups is 1. The first-order valence-corrected chi connectivity index (χ1v) is 8.67. The minimum Gasteiger partial charge on any atom is -0.394 e. The smallest absolute Gasteiger partial charge is 0.322 e. The molecule has 2 aromatic rings. The molecule has 0 aliphatic carbocycles. The van der Waals surface area contributed by atoms with Crippen LogP contribution in [0.1, 0.15) is 39.7 Å². The third-order valence-corrected chi connectivity index (χ3v) is 4.87. The molecule has 0 saturated carbocycles. The number of amides is 2. The first kappa shape index (κ1) is 16.8. The Labute approximate surface area is 142 Å². The molecule has 1 aliphatic heterocycles. The lowest BCUT2D eigenvalue weighted by Crippen LogP contribution is -2.51. The molecular formula is C18H26N4O2. The van der Waals surface area contributed by atoms with Gasteiger partial charge in [0, 0.05) is 29.9 Å². The van der Waals surface area contributed by atoms with Crippen molar-refractivity contribution >= 4 is 22.6 Å². The SMILES string of the molecule is CC1CCCN(C(=O)Nc2ccc3nn(C(C)C)cc3c2)C1CO. The summed E-state index contributed by atoms with van der Waals surface area (Å²) in [7, 11) is 0. The predicted molar refractivity (Wildman–Crippen MR) is 95.1 cm³/mol. The number of carbonyl (C=O) groups is 1. The fraction of sp³-hybridized carbons (Fsp3) is 0.556. The van der Waals surface area contributed by atoms with Gasteiger partial charge in [0.25, 0.3) is 0 Å². The van der Waals surface area contributed by atoms with E-state index in [0.717, 1.165) is 29.4 Å². The van der Waals surface area contributed by atoms with E-state index in [2.05, 4.69) is 31.2 Å². The summed E-state index contributed by atoms with van der Waals surface area (Å²) in [5, 5.41) is 18.1. The summed E-state index contributed by atoms with van der Waals surface area (Å²) in [4.78, 5) is 14.4. The Balaban J connectivity index is 1.77. The molecule has 2 heterocycles. The van der Waals surface area contributed by atoms with Gasteiger partial charge in [-0.1, -0.05) is 6.92 Å². The van der Waals surface area contributed by atoms with E-state index in [9.17, 15) is 9.90 Å². The number of fused-ring (bicyclic) bond motifs is 1. The molecule has 0 bridgehead atoms. The zero-order chi connectivity index (χ0) is 17.3. The van der Waals surface area contributed by atoms with Crippen molar-refractivity contribution in [1.29, 1.82) is 0 Å². The second-order valence-corrected chi connectivity index (χ2v) is 6.97. The molecule has 2 unspecified atom stereocenters. The lowest BCUT2D eigenvalue weighted by Gasteiger charge is -2.38. The largest absolute Gasteiger partial charge is 0.394 e. The number of benzene rings is 1. The van der Waals surface area contributed by atoms with Crippen molar-refractivity contribution in [1.82, 2.24) is 14.7 Å². The molecule has 1 aromatic carbocycles. The van der Waals surface area contributed by atoms with Crippen molar-refractivity contribution in [3.63, 3.8) is 0 Å². The van der Waals surface area contributed by atoms with Gasteiger partial charge in [-0.15, -0.1) is 0 Å². The second-order valence-electron chi connectivity index (χ2n) is 6.97. The standard InChI is InChI=1S/C18H26N4O2/c1-12(2)22-10-14-9-15(6-7-16(14)20-22)19-18(24)21-8-4-5-13(3)17(21)11-23/h6-7,9-10,12-13,17,23H,4-5,8,11H2,1-3H3,(H,19,24). The van der Waals surface area contributed by atoms with Crippen LogP contribution in [-0.4, -0.2) is 45.0 Å². The van der Waals surface area contributed by atoms with Gasteiger partial charge in [0.05, 0.1) is 18.2 Å². The fourth-order valence-corrected chi connectivity index (χ4v) is 3.36. The summed E-state index contributed by atoms with van der Waals surface area (Å²) >= 11 is 0. The average molecular weight is 330 g/mol. The first-order chi connectivity index (χ1) is 11.5. The van der Waals surface area contributed by atoms with Crippen molar-refractivity contribution in [3.05, 3.63) is 24.4 Å². The van der Waals surface area contributed by atoms with E-state index in [4.69, 9.17) is 0 Å². The first-order valence-electron chi connectivity index (χ1n) is 8.67. The molecule has 3 rings (SSSR count). The van der Waals surface area contributed by atoms with Crippen LogP contribution in [0.4, 0.5) is 10.5 Å². The average Bonchev–Trinajstić information content (AvgIpc) is 2.98. The van der Waals surface area contributed by atoms with E-state index in [1.54, 1.807) is 4.90 Å². The zero-order valence-electron chi connectivity index (χ0n) is 14.6. The van der Waals surface area contributed by atoms with E-state index >= 15 is 0 Å². The number of nitrogens with zero attached hydrogens (tertiary/aromatic N) is 3. The Bertz CT molecular complexity index is 725. The summed E-state index contributed by atoms with van der Waals surface area (Å²) in [6, 6.07) is 5.80. The lowest BCUT2D eigenvalue weighted by molar-refractivity contribution is 0.0811. The molecule has 1 fully saturated rings. The molecule has 24 heavy (non-hydrogen) atoms. The highest BCUT2D eigenvalue weighted by Crippen LogP contribution is 2.25. The summed E-state index contributed by atoms with van der Waals surface area (Å²) < 4.78 is 1.92. The van der Waals surface area contributed by atoms with E-state index in [-0.39, 0.29) is 18.7 Å². The highest BCUT2D eigenvalue weighted by atomic mass is 16.3. The highest BCUT2D eigenvalue weighted by Gasteiger charge is 2.31. The fourth-order valence-electron chi connectivity index (χ4n) is 3.36. The summed E-state index contributed by atoms with van der Waals surface area (Å²) in [5.41, 5.74) is 1.67. The Morgan fingerprint density at radius 2 is 2.25 bits per heavy atom. The molecule has 1 saturated heterocycles. The molecule has 130 valence electrons. The van der Waals surface area contributed by atoms with Crippen molar-refractivity contribution in [2.75, 3.05) is 18.5 Å². The number of piperidine rings is 1. The van der Waals surface area contributed by atoms with Crippen LogP contribution in [-0.2, 0) is 0 Å². The van der Waals surface area contributed by atoms with Crippen LogP contribution < -0.4 is 5.32 Å². The topological polar surface area (TPSA) is 70.4 Å². The molecular weight excluding hydrogens is 304 g/mol. The molecule has 0 spiro atoms. The minimum atomic E-state index is -0.142. The number of urea groups is 1. The highest BCUT2D eigenvalue weighted by molar-refractivity contribution is 5.92. The molecule has 2 amide bonds. The van der Waals surface area contributed by atoms with E-state index in [1.807, 2.05) is 29.1 Å². The molecule has 6 heteroatoms. The quantitative estimate of drug-likeness (QED) is 0.907. The van der Waals surface area contributed by atoms with Gasteiger partial charge in [0.1, 0.15) is 0 Å². The van der Waals surface area contributed by atoms with Crippen LogP contribution in [0.3, 0.4) is 0 Å². The maximum atomic E-state index is 12.6. The Kier molecular flexibility index (Phi) is 4.76. The molecule has 1 aromatic heterocycles. The third kappa shape index (κ3) is 3.24. The lowest BCUT2D eigenvalue weighted by atomic mass is 9.91. The number of carbonyl (C=O) groups excluding carboxylic acids is 1. The Morgan fingerprint density at radius 1 is 1.46 bits per heavy atom. The molecule has 1 aliphatic rings. The van der Waals surface area contributed by atoms with Crippen LogP contribution in [0.5, 0.6) is 0 Å². The number of anilines is 1. The zero-order valence-corrected chi connectivity index (χ0v) is 14.6. The normalized spacial score (nSPS) is 21.5. The van der Waals surface area contributed by atoms with Gasteiger partial charge < -0.3 is 15.3 Å². The van der Waals surface area contributed by atoms with E-state index in [1.165, 1.54) is 0 Å². The van der Waals surface area contributed by atoms with Crippen molar-refractivity contribution < 1.29 is 9.90 Å². The summed E-state index contributed by atoms with van der Waals surface area (Å²) in [6.07, 6.45) is 4.02. The van der Waals surface area contributed by atoms with E-state index < -0.39 is 0 Å². The molecule has 2 N–H and O–H groups in total. The van der Waals surface area contributed by atoms with Gasteiger partial charge in [-0.25, -0.2) is 4.79 Å². The number of hydrogen-bond donors (Lipinski definition) is 2. The maximum absolute atomic E-state index is 12.6. The number of hydrogen-bond acceptors (Lipinski definition) is 3. The Morgan fingerprint density at radius 3 is 2.96 bits per heavy atom. The van der Waals surface area contributed by atoms with E-state index in [0.29, 0.717) is 18.5 Å². The monoisotopic (exact) mass is 330 g/mol. The minimum absolute atomic E-state index is 0.00871. The number of rotatable bonds is 3. The third-order valence-electron chi connectivity index (χ3n) is 4.87. The second kappa shape index (κ2) is 6.81. The number of likely N-dealkylation sites (tertiary alicyclic amines) is 1. The molecule has 6 nitrogen and oxygen atoms in total. The van der Waals surface area contributed by atoms with Gasteiger partial charge in [0.15, 0.2) is 0 Å². The van der Waals surface area contributed by atoms with Crippen LogP contribution in [0.2, 0.25) is 0 Å².